The Labute approximate surface area is 129 Å². The van der Waals surface area contributed by atoms with E-state index in [0.29, 0.717) is 28.6 Å². The summed E-state index contributed by atoms with van der Waals surface area (Å²) in [5.41, 5.74) is 0.521. The average Bonchev–Trinajstić information content (AvgIpc) is 2.59. The van der Waals surface area contributed by atoms with E-state index in [2.05, 4.69) is 0 Å². The van der Waals surface area contributed by atoms with E-state index in [-0.39, 0.29) is 12.4 Å². The maximum Gasteiger partial charge on any atom is 0.203 e. The minimum absolute atomic E-state index is 0.121. The second-order valence-corrected chi connectivity index (χ2v) is 4.44. The van der Waals surface area contributed by atoms with Gasteiger partial charge in [-0.2, -0.15) is 0 Å². The van der Waals surface area contributed by atoms with Crippen molar-refractivity contribution in [2.45, 2.75) is 0 Å². The molecule has 0 amide bonds. The number of hydrogen-bond acceptors (Lipinski definition) is 5. The van der Waals surface area contributed by atoms with Crippen molar-refractivity contribution in [3.8, 4) is 23.0 Å². The second kappa shape index (κ2) is 7.36. The van der Waals surface area contributed by atoms with Crippen molar-refractivity contribution in [1.29, 1.82) is 0 Å². The molecule has 0 atom stereocenters. The minimum Gasteiger partial charge on any atom is -0.497 e. The van der Waals surface area contributed by atoms with Gasteiger partial charge in [-0.05, 0) is 24.3 Å². The van der Waals surface area contributed by atoms with E-state index >= 15 is 0 Å². The van der Waals surface area contributed by atoms with Crippen LogP contribution in [0.5, 0.6) is 23.0 Å². The van der Waals surface area contributed by atoms with Crippen LogP contribution in [0.25, 0.3) is 0 Å². The number of benzene rings is 2. The van der Waals surface area contributed by atoms with Gasteiger partial charge in [-0.3, -0.25) is 4.79 Å². The van der Waals surface area contributed by atoms with Crippen LogP contribution < -0.4 is 18.9 Å². The van der Waals surface area contributed by atoms with Crippen LogP contribution in [-0.2, 0) is 0 Å². The van der Waals surface area contributed by atoms with Crippen molar-refractivity contribution in [2.24, 2.45) is 0 Å². The minimum atomic E-state index is -0.160. The van der Waals surface area contributed by atoms with E-state index < -0.39 is 0 Å². The molecule has 0 aliphatic heterocycles. The Morgan fingerprint density at radius 1 is 0.909 bits per heavy atom. The van der Waals surface area contributed by atoms with Gasteiger partial charge in [0.2, 0.25) is 5.75 Å². The summed E-state index contributed by atoms with van der Waals surface area (Å²) in [5.74, 6) is 1.90. The maximum atomic E-state index is 12.2. The highest BCUT2D eigenvalue weighted by molar-refractivity contribution is 5.97. The predicted octanol–water partition coefficient (Wildman–Crippen LogP) is 2.97. The first-order valence-corrected chi connectivity index (χ1v) is 6.70. The summed E-state index contributed by atoms with van der Waals surface area (Å²) in [6, 6.07) is 12.2. The third-order valence-electron chi connectivity index (χ3n) is 3.12. The maximum absolute atomic E-state index is 12.2. The largest absolute Gasteiger partial charge is 0.497 e. The molecule has 0 N–H and O–H groups in total. The molecule has 116 valence electrons. The summed E-state index contributed by atoms with van der Waals surface area (Å²) >= 11 is 0. The lowest BCUT2D eigenvalue weighted by atomic mass is 10.1. The molecule has 2 aromatic carbocycles. The van der Waals surface area contributed by atoms with Crippen LogP contribution in [0.4, 0.5) is 0 Å². The third kappa shape index (κ3) is 3.49. The summed E-state index contributed by atoms with van der Waals surface area (Å²) in [6.07, 6.45) is 0. The van der Waals surface area contributed by atoms with Crippen molar-refractivity contribution >= 4 is 5.78 Å². The molecule has 0 heterocycles. The van der Waals surface area contributed by atoms with E-state index in [4.69, 9.17) is 18.9 Å². The van der Waals surface area contributed by atoms with Crippen molar-refractivity contribution in [3.63, 3.8) is 0 Å². The molecule has 5 heteroatoms. The number of carbonyl (C=O) groups is 1. The van der Waals surface area contributed by atoms with Crippen molar-refractivity contribution in [1.82, 2.24) is 0 Å². The van der Waals surface area contributed by atoms with Crippen LogP contribution in [-0.4, -0.2) is 33.7 Å². The lowest BCUT2D eigenvalue weighted by Crippen LogP contribution is -2.12. The van der Waals surface area contributed by atoms with Gasteiger partial charge < -0.3 is 18.9 Å². The van der Waals surface area contributed by atoms with Gasteiger partial charge in [0.25, 0.3) is 0 Å². The summed E-state index contributed by atoms with van der Waals surface area (Å²) < 4.78 is 21.2. The molecule has 0 aliphatic carbocycles. The lowest BCUT2D eigenvalue weighted by Gasteiger charge is -2.13. The van der Waals surface area contributed by atoms with Crippen LogP contribution in [0.3, 0.4) is 0 Å². The highest BCUT2D eigenvalue weighted by atomic mass is 16.5. The molecule has 0 fully saturated rings. The van der Waals surface area contributed by atoms with Crippen molar-refractivity contribution < 1.29 is 23.7 Å². The normalized spacial score (nSPS) is 9.95. The van der Waals surface area contributed by atoms with E-state index in [1.807, 2.05) is 0 Å². The molecule has 0 radical (unpaired) electrons. The van der Waals surface area contributed by atoms with Crippen LogP contribution >= 0.6 is 0 Å². The van der Waals surface area contributed by atoms with Crippen LogP contribution in [0, 0.1) is 0 Å². The Balaban J connectivity index is 2.14. The predicted molar refractivity (Wildman–Crippen MR) is 82.4 cm³/mol. The first-order chi connectivity index (χ1) is 10.7. The number of para-hydroxylation sites is 1. The van der Waals surface area contributed by atoms with Gasteiger partial charge in [-0.15, -0.1) is 0 Å². The molecule has 5 nitrogen and oxygen atoms in total. The zero-order valence-electron chi connectivity index (χ0n) is 12.8. The molecule has 0 aliphatic rings. The second-order valence-electron chi connectivity index (χ2n) is 4.44. The fraction of sp³-hybridized carbons (Fsp3) is 0.235. The third-order valence-corrected chi connectivity index (χ3v) is 3.12. The van der Waals surface area contributed by atoms with Gasteiger partial charge in [-0.25, -0.2) is 0 Å². The smallest absolute Gasteiger partial charge is 0.203 e. The Bertz CT molecular complexity index is 629. The van der Waals surface area contributed by atoms with Gasteiger partial charge in [0.05, 0.1) is 21.3 Å². The van der Waals surface area contributed by atoms with Crippen LogP contribution in [0.1, 0.15) is 10.4 Å². The molecule has 0 saturated heterocycles. The first-order valence-electron chi connectivity index (χ1n) is 6.70. The number of carbonyl (C=O) groups excluding carboxylic acids is 1. The zero-order valence-corrected chi connectivity index (χ0v) is 12.8. The van der Waals surface area contributed by atoms with Gasteiger partial charge in [0.1, 0.15) is 5.75 Å². The Kier molecular flexibility index (Phi) is 5.25. The Hall–Kier alpha value is -2.69. The monoisotopic (exact) mass is 302 g/mol. The van der Waals surface area contributed by atoms with Crippen LogP contribution in [0.2, 0.25) is 0 Å². The topological polar surface area (TPSA) is 54.0 Å². The molecule has 0 aromatic heterocycles. The van der Waals surface area contributed by atoms with Crippen molar-refractivity contribution in [3.05, 3.63) is 48.0 Å². The number of methoxy groups -OCH3 is 3. The fourth-order valence-corrected chi connectivity index (χ4v) is 1.98. The van der Waals surface area contributed by atoms with E-state index in [1.54, 1.807) is 49.6 Å². The van der Waals surface area contributed by atoms with E-state index in [9.17, 15) is 4.79 Å². The molecule has 2 rings (SSSR count). The number of Topliss-reactive ketones (excluding diaryl/α,β-unsaturated/α-hetero) is 1. The summed E-state index contributed by atoms with van der Waals surface area (Å²) in [5, 5.41) is 0. The molecular weight excluding hydrogens is 284 g/mol. The van der Waals surface area contributed by atoms with Gasteiger partial charge in [0.15, 0.2) is 23.9 Å². The van der Waals surface area contributed by atoms with Crippen LogP contribution in [0.15, 0.2) is 42.5 Å². The standard InChI is InChI=1S/C17H18O5/c1-19-13-7-4-6-12(10-13)14(18)11-22-17-15(20-2)8-5-9-16(17)21-3/h4-10H,11H2,1-3H3. The molecular formula is C17H18O5. The van der Waals surface area contributed by atoms with E-state index in [0.717, 1.165) is 0 Å². The van der Waals surface area contributed by atoms with Gasteiger partial charge in [0, 0.05) is 5.56 Å². The highest BCUT2D eigenvalue weighted by Gasteiger charge is 2.14. The SMILES string of the molecule is COc1cccc(C(=O)COc2c(OC)cccc2OC)c1. The molecule has 0 spiro atoms. The number of hydrogen-bond donors (Lipinski definition) is 0. The zero-order chi connectivity index (χ0) is 15.9. The van der Waals surface area contributed by atoms with Gasteiger partial charge >= 0.3 is 0 Å². The molecule has 22 heavy (non-hydrogen) atoms. The number of rotatable bonds is 7. The molecule has 0 bridgehead atoms. The molecule has 0 saturated carbocycles. The van der Waals surface area contributed by atoms with Crippen molar-refractivity contribution in [2.75, 3.05) is 27.9 Å². The Morgan fingerprint density at radius 3 is 2.14 bits per heavy atom. The van der Waals surface area contributed by atoms with E-state index in [1.165, 1.54) is 14.2 Å². The summed E-state index contributed by atoms with van der Waals surface area (Å²) in [6.45, 7) is -0.121. The quantitative estimate of drug-likeness (QED) is 0.736. The highest BCUT2D eigenvalue weighted by Crippen LogP contribution is 2.36. The Morgan fingerprint density at radius 2 is 1.55 bits per heavy atom. The summed E-state index contributed by atoms with van der Waals surface area (Å²) in [7, 11) is 4.62. The first kappa shape index (κ1) is 15.7. The average molecular weight is 302 g/mol. The fourth-order valence-electron chi connectivity index (χ4n) is 1.98. The lowest BCUT2D eigenvalue weighted by molar-refractivity contribution is 0.0917. The number of ether oxygens (including phenoxy) is 4. The summed E-state index contributed by atoms with van der Waals surface area (Å²) in [4.78, 5) is 12.2. The number of ketones is 1. The molecule has 2 aromatic rings. The molecule has 0 unspecified atom stereocenters. The van der Waals surface area contributed by atoms with Gasteiger partial charge in [-0.1, -0.05) is 18.2 Å².